The zero-order valence-corrected chi connectivity index (χ0v) is 19.0. The Balaban J connectivity index is 2.09. The number of nitrogens with one attached hydrogen (secondary N) is 1. The molecule has 0 unspecified atom stereocenters. The van der Waals surface area contributed by atoms with E-state index >= 15 is 0 Å². The highest BCUT2D eigenvalue weighted by molar-refractivity contribution is 7.92. The molecule has 2 aromatic carbocycles. The summed E-state index contributed by atoms with van der Waals surface area (Å²) in [5.74, 6) is -0.449. The summed E-state index contributed by atoms with van der Waals surface area (Å²) in [6.07, 6.45) is 1.20. The van der Waals surface area contributed by atoms with Crippen LogP contribution in [0.3, 0.4) is 0 Å². The van der Waals surface area contributed by atoms with E-state index in [0.717, 1.165) is 27.8 Å². The van der Waals surface area contributed by atoms with Crippen LogP contribution in [0.4, 0.5) is 10.1 Å². The van der Waals surface area contributed by atoms with Gasteiger partial charge >= 0.3 is 0 Å². The Hall–Kier alpha value is -2.32. The summed E-state index contributed by atoms with van der Waals surface area (Å²) in [5.41, 5.74) is 2.26. The maximum absolute atomic E-state index is 13.5. The zero-order chi connectivity index (χ0) is 22.5. The van der Waals surface area contributed by atoms with Crippen LogP contribution in [0.2, 0.25) is 5.02 Å². The van der Waals surface area contributed by atoms with Crippen molar-refractivity contribution in [1.82, 2.24) is 5.32 Å². The van der Waals surface area contributed by atoms with Gasteiger partial charge in [0.15, 0.2) is 0 Å². The van der Waals surface area contributed by atoms with Crippen LogP contribution < -0.4 is 14.4 Å². The molecular weight excluding hydrogens is 431 g/mol. The normalized spacial score (nSPS) is 12.3. The van der Waals surface area contributed by atoms with E-state index < -0.39 is 27.8 Å². The summed E-state index contributed by atoms with van der Waals surface area (Å²) in [6.45, 7) is 6.06. The van der Waals surface area contributed by atoms with Crippen LogP contribution in [0.5, 0.6) is 5.75 Å². The minimum Gasteiger partial charge on any atom is -0.492 e. The summed E-state index contributed by atoms with van der Waals surface area (Å²) in [5, 5.41) is 2.48. The lowest BCUT2D eigenvalue weighted by Gasteiger charge is -2.30. The maximum atomic E-state index is 13.5. The molecule has 2 aromatic rings. The van der Waals surface area contributed by atoms with Crippen LogP contribution in [-0.4, -0.2) is 39.8 Å². The molecule has 0 heterocycles. The summed E-state index contributed by atoms with van der Waals surface area (Å²) in [7, 11) is -3.83. The van der Waals surface area contributed by atoms with Gasteiger partial charge in [0.05, 0.1) is 23.5 Å². The second-order valence-corrected chi connectivity index (χ2v) is 9.31. The average molecular weight is 457 g/mol. The van der Waals surface area contributed by atoms with Gasteiger partial charge in [-0.2, -0.15) is 0 Å². The van der Waals surface area contributed by atoms with Crippen LogP contribution in [0.1, 0.15) is 24.5 Å². The molecule has 9 heteroatoms. The molecule has 0 saturated heterocycles. The first kappa shape index (κ1) is 24.0. The molecule has 0 aliphatic rings. The third-order valence-corrected chi connectivity index (χ3v) is 5.82. The van der Waals surface area contributed by atoms with Crippen molar-refractivity contribution in [2.45, 2.75) is 33.2 Å². The third kappa shape index (κ3) is 6.34. The molecule has 6 nitrogen and oxygen atoms in total. The maximum Gasteiger partial charge on any atom is 0.244 e. The molecule has 1 N–H and O–H groups in total. The topological polar surface area (TPSA) is 75.7 Å². The number of carbonyl (C=O) groups is 1. The largest absolute Gasteiger partial charge is 0.492 e. The molecule has 0 aliphatic heterocycles. The summed E-state index contributed by atoms with van der Waals surface area (Å²) in [6, 6.07) is 8.35. The van der Waals surface area contributed by atoms with Crippen LogP contribution in [-0.2, 0) is 14.8 Å². The molecule has 0 radical (unpaired) electrons. The number of ether oxygens (including phenoxy) is 1. The fourth-order valence-corrected chi connectivity index (χ4v) is 4.54. The monoisotopic (exact) mass is 456 g/mol. The van der Waals surface area contributed by atoms with E-state index in [1.54, 1.807) is 6.92 Å². The van der Waals surface area contributed by atoms with E-state index in [1.165, 1.54) is 12.1 Å². The number of halogens is 2. The van der Waals surface area contributed by atoms with Crippen molar-refractivity contribution in [1.29, 1.82) is 0 Å². The fraction of sp³-hybridized carbons (Fsp3) is 0.381. The molecule has 0 saturated carbocycles. The Labute approximate surface area is 182 Å². The van der Waals surface area contributed by atoms with Crippen LogP contribution >= 0.6 is 11.6 Å². The Morgan fingerprint density at radius 1 is 1.20 bits per heavy atom. The fourth-order valence-electron chi connectivity index (χ4n) is 3.16. The van der Waals surface area contributed by atoms with Gasteiger partial charge in [0.25, 0.3) is 0 Å². The lowest BCUT2D eigenvalue weighted by Crippen LogP contribution is -2.50. The van der Waals surface area contributed by atoms with Crippen molar-refractivity contribution >= 4 is 33.2 Å². The van der Waals surface area contributed by atoms with Crippen molar-refractivity contribution in [3.8, 4) is 5.75 Å². The molecule has 0 fully saturated rings. The van der Waals surface area contributed by atoms with Crippen molar-refractivity contribution < 1.29 is 22.3 Å². The lowest BCUT2D eigenvalue weighted by atomic mass is 10.1. The molecule has 0 spiro atoms. The number of anilines is 1. The Kier molecular flexibility index (Phi) is 8.09. The molecule has 0 aliphatic carbocycles. The summed E-state index contributed by atoms with van der Waals surface area (Å²) in [4.78, 5) is 12.7. The number of sulfonamides is 1. The molecule has 2 rings (SSSR count). The second kappa shape index (κ2) is 10.1. The first-order valence-electron chi connectivity index (χ1n) is 9.46. The Bertz CT molecular complexity index is 994. The molecule has 0 aromatic heterocycles. The van der Waals surface area contributed by atoms with Gasteiger partial charge in [0.1, 0.15) is 24.2 Å². The summed E-state index contributed by atoms with van der Waals surface area (Å²) >= 11 is 5.80. The van der Waals surface area contributed by atoms with E-state index in [9.17, 15) is 17.6 Å². The number of amides is 1. The zero-order valence-electron chi connectivity index (χ0n) is 17.4. The van der Waals surface area contributed by atoms with E-state index in [-0.39, 0.29) is 30.3 Å². The van der Waals surface area contributed by atoms with Gasteiger partial charge in [-0.3, -0.25) is 9.10 Å². The van der Waals surface area contributed by atoms with Crippen molar-refractivity contribution in [3.63, 3.8) is 0 Å². The number of benzene rings is 2. The SMILES string of the molecule is CC[C@H](C(=O)NCCOc1cc(C)cc(C)c1)N(c1ccc(F)c(Cl)c1)S(C)(=O)=O. The van der Waals surface area contributed by atoms with Gasteiger partial charge in [-0.15, -0.1) is 0 Å². The van der Waals surface area contributed by atoms with Gasteiger partial charge in [0.2, 0.25) is 15.9 Å². The molecule has 30 heavy (non-hydrogen) atoms. The first-order chi connectivity index (χ1) is 14.0. The Morgan fingerprint density at radius 2 is 1.83 bits per heavy atom. The minimum atomic E-state index is -3.83. The summed E-state index contributed by atoms with van der Waals surface area (Å²) < 4.78 is 44.9. The van der Waals surface area contributed by atoms with Crippen LogP contribution in [0, 0.1) is 19.7 Å². The quantitative estimate of drug-likeness (QED) is 0.582. The van der Waals surface area contributed by atoms with Crippen molar-refractivity contribution in [2.24, 2.45) is 0 Å². The van der Waals surface area contributed by atoms with Crippen LogP contribution in [0.25, 0.3) is 0 Å². The van der Waals surface area contributed by atoms with Gasteiger partial charge in [-0.05, 0) is 61.7 Å². The number of hydrogen-bond acceptors (Lipinski definition) is 4. The predicted molar refractivity (Wildman–Crippen MR) is 117 cm³/mol. The van der Waals surface area contributed by atoms with E-state index in [0.29, 0.717) is 5.75 Å². The van der Waals surface area contributed by atoms with Crippen molar-refractivity contribution in [3.05, 3.63) is 58.4 Å². The van der Waals surface area contributed by atoms with Gasteiger partial charge < -0.3 is 10.1 Å². The highest BCUT2D eigenvalue weighted by Crippen LogP contribution is 2.27. The number of carbonyl (C=O) groups excluding carboxylic acids is 1. The highest BCUT2D eigenvalue weighted by atomic mass is 35.5. The van der Waals surface area contributed by atoms with Crippen molar-refractivity contribution in [2.75, 3.05) is 23.7 Å². The highest BCUT2D eigenvalue weighted by Gasteiger charge is 2.31. The van der Waals surface area contributed by atoms with E-state index in [4.69, 9.17) is 16.3 Å². The minimum absolute atomic E-state index is 0.123. The standard InChI is InChI=1S/C21H26ClFN2O4S/c1-5-20(25(30(4,27)28)16-6-7-19(23)18(22)13-16)21(26)24-8-9-29-17-11-14(2)10-15(3)12-17/h6-7,10-13,20H,5,8-9H2,1-4H3,(H,24,26)/t20-/m1/s1. The molecular formula is C21H26ClFN2O4S. The number of hydrogen-bond donors (Lipinski definition) is 1. The van der Waals surface area contributed by atoms with Gasteiger partial charge in [-0.25, -0.2) is 12.8 Å². The molecule has 0 bridgehead atoms. The first-order valence-corrected chi connectivity index (χ1v) is 11.7. The molecule has 164 valence electrons. The second-order valence-electron chi connectivity index (χ2n) is 7.04. The van der Waals surface area contributed by atoms with E-state index in [1.807, 2.05) is 32.0 Å². The third-order valence-electron chi connectivity index (χ3n) is 4.35. The van der Waals surface area contributed by atoms with E-state index in [2.05, 4.69) is 5.32 Å². The predicted octanol–water partition coefficient (Wildman–Crippen LogP) is 3.84. The number of aryl methyl sites for hydroxylation is 2. The smallest absolute Gasteiger partial charge is 0.244 e. The van der Waals surface area contributed by atoms with Gasteiger partial charge in [0, 0.05) is 0 Å². The average Bonchev–Trinajstić information content (AvgIpc) is 2.63. The molecule has 1 amide bonds. The Morgan fingerprint density at radius 3 is 2.37 bits per heavy atom. The lowest BCUT2D eigenvalue weighted by molar-refractivity contribution is -0.122. The number of rotatable bonds is 9. The molecule has 1 atom stereocenters. The van der Waals surface area contributed by atoms with Crippen LogP contribution in [0.15, 0.2) is 36.4 Å². The van der Waals surface area contributed by atoms with Gasteiger partial charge in [-0.1, -0.05) is 24.6 Å². The number of nitrogens with zero attached hydrogens (tertiary/aromatic N) is 1.